The zero-order valence-electron chi connectivity index (χ0n) is 13.1. The summed E-state index contributed by atoms with van der Waals surface area (Å²) in [7, 11) is 4.58. The molecule has 0 saturated heterocycles. The van der Waals surface area contributed by atoms with Crippen LogP contribution in [0.5, 0.6) is 17.2 Å². The number of nitrogens with zero attached hydrogens (tertiary/aromatic N) is 1. The molecule has 0 radical (unpaired) electrons. The summed E-state index contributed by atoms with van der Waals surface area (Å²) in [6, 6.07) is 2.14. The molecule has 22 heavy (non-hydrogen) atoms. The van der Waals surface area contributed by atoms with Crippen LogP contribution >= 0.6 is 15.9 Å². The van der Waals surface area contributed by atoms with Crippen molar-refractivity contribution in [1.82, 2.24) is 5.32 Å². The van der Waals surface area contributed by atoms with E-state index in [-0.39, 0.29) is 12.3 Å². The van der Waals surface area contributed by atoms with Gasteiger partial charge < -0.3 is 19.5 Å². The van der Waals surface area contributed by atoms with E-state index in [0.29, 0.717) is 34.7 Å². The van der Waals surface area contributed by atoms with Gasteiger partial charge in [0, 0.05) is 19.0 Å². The molecular formula is C15H19BrN2O4. The van der Waals surface area contributed by atoms with E-state index in [4.69, 9.17) is 19.5 Å². The van der Waals surface area contributed by atoms with Crippen molar-refractivity contribution in [2.24, 2.45) is 0 Å². The molecule has 0 aromatic heterocycles. The van der Waals surface area contributed by atoms with Crippen LogP contribution in [0, 0.1) is 11.3 Å². The average Bonchev–Trinajstić information content (AvgIpc) is 2.49. The highest BCUT2D eigenvalue weighted by atomic mass is 79.9. The monoisotopic (exact) mass is 370 g/mol. The first-order chi connectivity index (χ1) is 10.5. The van der Waals surface area contributed by atoms with Crippen LogP contribution in [-0.4, -0.2) is 33.8 Å². The highest BCUT2D eigenvalue weighted by Crippen LogP contribution is 2.48. The second-order valence-corrected chi connectivity index (χ2v) is 5.23. The molecule has 120 valence electrons. The van der Waals surface area contributed by atoms with Crippen LogP contribution in [0.25, 0.3) is 0 Å². The van der Waals surface area contributed by atoms with Crippen LogP contribution in [0.1, 0.15) is 18.1 Å². The fourth-order valence-electron chi connectivity index (χ4n) is 2.22. The number of rotatable bonds is 7. The van der Waals surface area contributed by atoms with Crippen LogP contribution in [0.15, 0.2) is 4.47 Å². The number of methoxy groups -OCH3 is 3. The van der Waals surface area contributed by atoms with Gasteiger partial charge in [-0.25, -0.2) is 0 Å². The number of amides is 1. The Hall–Kier alpha value is -1.94. The predicted molar refractivity (Wildman–Crippen MR) is 85.5 cm³/mol. The van der Waals surface area contributed by atoms with Gasteiger partial charge in [-0.05, 0) is 27.9 Å². The van der Waals surface area contributed by atoms with E-state index in [1.807, 2.05) is 0 Å². The number of hydrogen-bond acceptors (Lipinski definition) is 5. The van der Waals surface area contributed by atoms with Crippen LogP contribution in [-0.2, 0) is 17.6 Å². The van der Waals surface area contributed by atoms with Crippen molar-refractivity contribution in [3.05, 3.63) is 15.6 Å². The maximum Gasteiger partial charge on any atom is 0.216 e. The SMILES string of the molecule is COc1c(Br)c(CC#N)c(CCNC(C)=O)c(OC)c1OC. The molecule has 0 saturated carbocycles. The molecule has 0 fully saturated rings. The molecule has 0 aliphatic rings. The van der Waals surface area contributed by atoms with E-state index < -0.39 is 0 Å². The predicted octanol–water partition coefficient (Wildman–Crippen LogP) is 2.22. The molecule has 1 aromatic carbocycles. The molecule has 1 aromatic rings. The van der Waals surface area contributed by atoms with Crippen LogP contribution in [0.4, 0.5) is 0 Å². The van der Waals surface area contributed by atoms with Gasteiger partial charge in [0.2, 0.25) is 11.7 Å². The third-order valence-electron chi connectivity index (χ3n) is 3.13. The van der Waals surface area contributed by atoms with Gasteiger partial charge in [-0.2, -0.15) is 5.26 Å². The molecule has 1 N–H and O–H groups in total. The Labute approximate surface area is 138 Å². The number of carbonyl (C=O) groups excluding carboxylic acids is 1. The number of carbonyl (C=O) groups is 1. The summed E-state index contributed by atoms with van der Waals surface area (Å²) in [6.45, 7) is 1.89. The fourth-order valence-corrected chi connectivity index (χ4v) is 2.94. The number of nitrogens with one attached hydrogen (secondary N) is 1. The first-order valence-electron chi connectivity index (χ1n) is 6.62. The summed E-state index contributed by atoms with van der Waals surface area (Å²) in [5, 5.41) is 11.8. The van der Waals surface area contributed by atoms with Crippen molar-refractivity contribution in [1.29, 1.82) is 5.26 Å². The van der Waals surface area contributed by atoms with Crippen LogP contribution in [0.3, 0.4) is 0 Å². The second-order valence-electron chi connectivity index (χ2n) is 4.44. The molecule has 1 rings (SSSR count). The van der Waals surface area contributed by atoms with Crippen molar-refractivity contribution in [3.63, 3.8) is 0 Å². The lowest BCUT2D eigenvalue weighted by Crippen LogP contribution is -2.23. The van der Waals surface area contributed by atoms with Crippen molar-refractivity contribution in [3.8, 4) is 23.3 Å². The Morgan fingerprint density at radius 1 is 1.14 bits per heavy atom. The molecule has 0 aliphatic carbocycles. The Morgan fingerprint density at radius 2 is 1.73 bits per heavy atom. The second kappa shape index (κ2) is 8.49. The van der Waals surface area contributed by atoms with Crippen LogP contribution in [0.2, 0.25) is 0 Å². The molecule has 0 unspecified atom stereocenters. The Kier molecular flexibility index (Phi) is 6.99. The first kappa shape index (κ1) is 18.1. The van der Waals surface area contributed by atoms with E-state index in [9.17, 15) is 4.79 Å². The first-order valence-corrected chi connectivity index (χ1v) is 7.41. The Morgan fingerprint density at radius 3 is 2.18 bits per heavy atom. The third kappa shape index (κ3) is 3.83. The van der Waals surface area contributed by atoms with E-state index >= 15 is 0 Å². The van der Waals surface area contributed by atoms with Gasteiger partial charge in [-0.1, -0.05) is 0 Å². The van der Waals surface area contributed by atoms with Gasteiger partial charge in [-0.15, -0.1) is 0 Å². The standard InChI is InChI=1S/C15H19BrN2O4/c1-9(19)18-8-6-11-10(5-7-17)12(16)14(21-3)15(22-4)13(11)20-2/h5-6,8H2,1-4H3,(H,18,19). The zero-order chi connectivity index (χ0) is 16.7. The van der Waals surface area contributed by atoms with E-state index in [1.54, 1.807) is 0 Å². The smallest absolute Gasteiger partial charge is 0.216 e. The third-order valence-corrected chi connectivity index (χ3v) is 3.97. The normalized spacial score (nSPS) is 9.82. The van der Waals surface area contributed by atoms with Crippen molar-refractivity contribution >= 4 is 21.8 Å². The summed E-state index contributed by atoms with van der Waals surface area (Å²) in [5.41, 5.74) is 1.57. The Balaban J connectivity index is 3.44. The van der Waals surface area contributed by atoms with Crippen LogP contribution < -0.4 is 19.5 Å². The van der Waals surface area contributed by atoms with Crippen molar-refractivity contribution < 1.29 is 19.0 Å². The molecule has 0 heterocycles. The van der Waals surface area contributed by atoms with Gasteiger partial charge in [0.15, 0.2) is 11.5 Å². The number of hydrogen-bond donors (Lipinski definition) is 1. The number of ether oxygens (including phenoxy) is 3. The van der Waals surface area contributed by atoms with Gasteiger partial charge >= 0.3 is 0 Å². The lowest BCUT2D eigenvalue weighted by Gasteiger charge is -2.21. The minimum atomic E-state index is -0.111. The summed E-state index contributed by atoms with van der Waals surface area (Å²) in [5.74, 6) is 1.34. The molecule has 0 bridgehead atoms. The van der Waals surface area contributed by atoms with Gasteiger partial charge in [0.1, 0.15) is 0 Å². The number of halogens is 1. The van der Waals surface area contributed by atoms with Gasteiger partial charge in [-0.3, -0.25) is 4.79 Å². The summed E-state index contributed by atoms with van der Waals surface area (Å²) >= 11 is 3.47. The topological polar surface area (TPSA) is 80.6 Å². The fraction of sp³-hybridized carbons (Fsp3) is 0.467. The highest BCUT2D eigenvalue weighted by molar-refractivity contribution is 9.10. The molecule has 0 aliphatic heterocycles. The molecule has 6 nitrogen and oxygen atoms in total. The van der Waals surface area contributed by atoms with E-state index in [0.717, 1.165) is 11.1 Å². The number of nitriles is 1. The highest BCUT2D eigenvalue weighted by Gasteiger charge is 2.24. The maximum atomic E-state index is 11.0. The van der Waals surface area contributed by atoms with Crippen molar-refractivity contribution in [2.45, 2.75) is 19.8 Å². The molecule has 0 spiro atoms. The Bertz CT molecular complexity index is 596. The quantitative estimate of drug-likeness (QED) is 0.795. The average molecular weight is 371 g/mol. The zero-order valence-corrected chi connectivity index (χ0v) is 14.7. The molecule has 1 amide bonds. The minimum absolute atomic E-state index is 0.111. The maximum absolute atomic E-state index is 11.0. The molecule has 0 atom stereocenters. The van der Waals surface area contributed by atoms with Crippen molar-refractivity contribution in [2.75, 3.05) is 27.9 Å². The molecule has 7 heteroatoms. The van der Waals surface area contributed by atoms with Gasteiger partial charge in [0.25, 0.3) is 0 Å². The van der Waals surface area contributed by atoms with E-state index in [2.05, 4.69) is 27.3 Å². The summed E-state index contributed by atoms with van der Waals surface area (Å²) in [4.78, 5) is 11.0. The minimum Gasteiger partial charge on any atom is -0.492 e. The molecular weight excluding hydrogens is 352 g/mol. The summed E-state index contributed by atoms with van der Waals surface area (Å²) in [6.07, 6.45) is 0.700. The number of benzene rings is 1. The lowest BCUT2D eigenvalue weighted by atomic mass is 9.99. The van der Waals surface area contributed by atoms with Gasteiger partial charge in [0.05, 0.1) is 38.3 Å². The van der Waals surface area contributed by atoms with E-state index in [1.165, 1.54) is 28.3 Å². The largest absolute Gasteiger partial charge is 0.492 e. The summed E-state index contributed by atoms with van der Waals surface area (Å²) < 4.78 is 16.9. The lowest BCUT2D eigenvalue weighted by molar-refractivity contribution is -0.118.